The molecule has 2 N–H and O–H groups in total. The second-order valence-electron chi connectivity index (χ2n) is 7.09. The summed E-state index contributed by atoms with van der Waals surface area (Å²) < 4.78 is 0. The van der Waals surface area contributed by atoms with Crippen molar-refractivity contribution in [2.45, 2.75) is 25.3 Å². The maximum atomic E-state index is 12.2. The Kier molecular flexibility index (Phi) is 6.26. The van der Waals surface area contributed by atoms with E-state index in [-0.39, 0.29) is 11.8 Å². The number of nitrogens with one attached hydrogen (secondary N) is 2. The molecule has 0 bridgehead atoms. The number of aromatic nitrogens is 1. The van der Waals surface area contributed by atoms with Crippen LogP contribution in [0.3, 0.4) is 0 Å². The van der Waals surface area contributed by atoms with Gasteiger partial charge in [0.2, 0.25) is 5.91 Å². The highest BCUT2D eigenvalue weighted by Crippen LogP contribution is 2.24. The van der Waals surface area contributed by atoms with Gasteiger partial charge in [0.15, 0.2) is 5.13 Å². The van der Waals surface area contributed by atoms with Crippen LogP contribution in [0.2, 0.25) is 5.02 Å². The van der Waals surface area contributed by atoms with Gasteiger partial charge in [-0.15, -0.1) is 11.3 Å². The summed E-state index contributed by atoms with van der Waals surface area (Å²) in [6, 6.07) is 15.2. The van der Waals surface area contributed by atoms with Gasteiger partial charge in [-0.25, -0.2) is 4.98 Å². The fourth-order valence-corrected chi connectivity index (χ4v) is 3.88. The normalized spacial score (nSPS) is 13.4. The Balaban J connectivity index is 1.31. The Morgan fingerprint density at radius 3 is 2.63 bits per heavy atom. The molecule has 1 saturated carbocycles. The van der Waals surface area contributed by atoms with Crippen molar-refractivity contribution in [2.24, 2.45) is 0 Å². The smallest absolute Gasteiger partial charge is 0.251 e. The second-order valence-corrected chi connectivity index (χ2v) is 8.61. The summed E-state index contributed by atoms with van der Waals surface area (Å²) in [6.45, 7) is 0. The third kappa shape index (κ3) is 5.55. The first-order valence-electron chi connectivity index (χ1n) is 9.65. The summed E-state index contributed by atoms with van der Waals surface area (Å²) in [5.74, 6) is -0.314. The topological polar surface area (TPSA) is 71.1 Å². The van der Waals surface area contributed by atoms with Crippen LogP contribution in [-0.4, -0.2) is 22.8 Å². The molecule has 2 amide bonds. The zero-order valence-electron chi connectivity index (χ0n) is 16.1. The molecule has 0 saturated heterocycles. The highest BCUT2D eigenvalue weighted by molar-refractivity contribution is 7.15. The van der Waals surface area contributed by atoms with Crippen molar-refractivity contribution in [3.8, 4) is 0 Å². The number of benzene rings is 2. The lowest BCUT2D eigenvalue weighted by molar-refractivity contribution is -0.111. The number of carbonyl (C=O) groups is 2. The number of carbonyl (C=O) groups excluding carboxylic acids is 2. The summed E-state index contributed by atoms with van der Waals surface area (Å²) in [4.78, 5) is 29.5. The molecule has 5 nitrogen and oxygen atoms in total. The van der Waals surface area contributed by atoms with Crippen LogP contribution in [0.5, 0.6) is 0 Å². The van der Waals surface area contributed by atoms with Gasteiger partial charge in [-0.3, -0.25) is 14.9 Å². The SMILES string of the molecule is O=C(/C=C/c1ccc(C(=O)NC2CC2)cc1)Nc1ncc(Cc2ccccc2Cl)s1. The molecule has 7 heteroatoms. The summed E-state index contributed by atoms with van der Waals surface area (Å²) >= 11 is 7.62. The summed E-state index contributed by atoms with van der Waals surface area (Å²) in [5.41, 5.74) is 2.49. The minimum atomic E-state index is -0.260. The van der Waals surface area contributed by atoms with Gasteiger partial charge in [0.1, 0.15) is 0 Å². The minimum absolute atomic E-state index is 0.0536. The molecule has 4 rings (SSSR count). The average molecular weight is 438 g/mol. The van der Waals surface area contributed by atoms with Crippen LogP contribution in [0.1, 0.15) is 39.2 Å². The van der Waals surface area contributed by atoms with Gasteiger partial charge in [-0.1, -0.05) is 41.9 Å². The van der Waals surface area contributed by atoms with Gasteiger partial charge in [0, 0.05) is 40.2 Å². The average Bonchev–Trinajstić information content (AvgIpc) is 3.46. The van der Waals surface area contributed by atoms with Crippen molar-refractivity contribution in [1.29, 1.82) is 0 Å². The minimum Gasteiger partial charge on any atom is -0.349 e. The maximum Gasteiger partial charge on any atom is 0.251 e. The van der Waals surface area contributed by atoms with Crippen LogP contribution in [0.15, 0.2) is 60.8 Å². The lowest BCUT2D eigenvalue weighted by Gasteiger charge is -2.03. The van der Waals surface area contributed by atoms with Crippen LogP contribution in [0, 0.1) is 0 Å². The van der Waals surface area contributed by atoms with Gasteiger partial charge >= 0.3 is 0 Å². The summed E-state index contributed by atoms with van der Waals surface area (Å²) in [7, 11) is 0. The third-order valence-corrected chi connectivity index (χ3v) is 5.90. The lowest BCUT2D eigenvalue weighted by Crippen LogP contribution is -2.25. The molecule has 3 aromatic rings. The van der Waals surface area contributed by atoms with Crippen molar-refractivity contribution >= 4 is 46.0 Å². The molecule has 1 aliphatic rings. The molecule has 152 valence electrons. The zero-order valence-corrected chi connectivity index (χ0v) is 17.7. The number of anilines is 1. The molecule has 30 heavy (non-hydrogen) atoms. The maximum absolute atomic E-state index is 12.2. The monoisotopic (exact) mass is 437 g/mol. The summed E-state index contributed by atoms with van der Waals surface area (Å²) in [6.07, 6.45) is 7.69. The number of rotatable bonds is 7. The van der Waals surface area contributed by atoms with E-state index in [1.807, 2.05) is 36.4 Å². The number of nitrogens with zero attached hydrogens (tertiary/aromatic N) is 1. The Labute approximate surface area is 183 Å². The number of hydrogen-bond donors (Lipinski definition) is 2. The Hall–Kier alpha value is -2.96. The first kappa shape index (κ1) is 20.3. The first-order chi connectivity index (χ1) is 14.6. The Morgan fingerprint density at radius 1 is 1.13 bits per heavy atom. The van der Waals surface area contributed by atoms with E-state index < -0.39 is 0 Å². The third-order valence-electron chi connectivity index (χ3n) is 4.62. The molecule has 1 aromatic heterocycles. The van der Waals surface area contributed by atoms with Gasteiger partial charge in [-0.2, -0.15) is 0 Å². The molecule has 0 spiro atoms. The number of hydrogen-bond acceptors (Lipinski definition) is 4. The van der Waals surface area contributed by atoms with Crippen molar-refractivity contribution in [2.75, 3.05) is 5.32 Å². The van der Waals surface area contributed by atoms with E-state index in [1.54, 1.807) is 24.4 Å². The van der Waals surface area contributed by atoms with E-state index in [9.17, 15) is 9.59 Å². The van der Waals surface area contributed by atoms with Crippen LogP contribution in [-0.2, 0) is 11.2 Å². The number of thiazole rings is 1. The van der Waals surface area contributed by atoms with E-state index in [2.05, 4.69) is 15.6 Å². The van der Waals surface area contributed by atoms with Crippen molar-refractivity contribution in [3.63, 3.8) is 0 Å². The molecule has 1 fully saturated rings. The Bertz CT molecular complexity index is 1090. The molecule has 0 unspecified atom stereocenters. The van der Waals surface area contributed by atoms with E-state index in [0.29, 0.717) is 23.2 Å². The van der Waals surface area contributed by atoms with E-state index in [4.69, 9.17) is 11.6 Å². The zero-order chi connectivity index (χ0) is 20.9. The van der Waals surface area contributed by atoms with E-state index >= 15 is 0 Å². The molecule has 1 heterocycles. The number of amides is 2. The largest absolute Gasteiger partial charge is 0.349 e. The molecule has 0 atom stereocenters. The number of halogens is 1. The van der Waals surface area contributed by atoms with E-state index in [1.165, 1.54) is 17.4 Å². The first-order valence-corrected chi connectivity index (χ1v) is 10.8. The molecular formula is C23H20ClN3O2S. The summed E-state index contributed by atoms with van der Waals surface area (Å²) in [5, 5.41) is 6.99. The fourth-order valence-electron chi connectivity index (χ4n) is 2.84. The van der Waals surface area contributed by atoms with Crippen LogP contribution >= 0.6 is 22.9 Å². The molecule has 0 radical (unpaired) electrons. The second kappa shape index (κ2) is 9.24. The Morgan fingerprint density at radius 2 is 1.90 bits per heavy atom. The highest BCUT2D eigenvalue weighted by atomic mass is 35.5. The van der Waals surface area contributed by atoms with Gasteiger partial charge < -0.3 is 5.32 Å². The van der Waals surface area contributed by atoms with Crippen molar-refractivity contribution in [3.05, 3.63) is 87.4 Å². The standard InChI is InChI=1S/C23H20ClN3O2S/c24-20-4-2-1-3-17(20)13-19-14-25-23(30-19)27-21(28)12-7-15-5-8-16(9-6-15)22(29)26-18-10-11-18/h1-9,12,14,18H,10-11,13H2,(H,26,29)(H,25,27,28)/b12-7+. The van der Waals surface area contributed by atoms with Crippen molar-refractivity contribution < 1.29 is 9.59 Å². The van der Waals surface area contributed by atoms with Crippen LogP contribution < -0.4 is 10.6 Å². The van der Waals surface area contributed by atoms with Crippen molar-refractivity contribution in [1.82, 2.24) is 10.3 Å². The van der Waals surface area contributed by atoms with Gasteiger partial charge in [-0.05, 0) is 48.2 Å². The molecule has 1 aliphatic carbocycles. The van der Waals surface area contributed by atoms with Crippen LogP contribution in [0.25, 0.3) is 6.08 Å². The molecule has 2 aromatic carbocycles. The van der Waals surface area contributed by atoms with E-state index in [0.717, 1.165) is 33.9 Å². The lowest BCUT2D eigenvalue weighted by atomic mass is 10.1. The molecule has 0 aliphatic heterocycles. The van der Waals surface area contributed by atoms with Gasteiger partial charge in [0.05, 0.1) is 0 Å². The van der Waals surface area contributed by atoms with Gasteiger partial charge in [0.25, 0.3) is 5.91 Å². The highest BCUT2D eigenvalue weighted by Gasteiger charge is 2.23. The van der Waals surface area contributed by atoms with Crippen LogP contribution in [0.4, 0.5) is 5.13 Å². The fraction of sp³-hybridized carbons (Fsp3) is 0.174. The molecular weight excluding hydrogens is 418 g/mol. The predicted molar refractivity (Wildman–Crippen MR) is 121 cm³/mol. The quantitative estimate of drug-likeness (QED) is 0.515. The predicted octanol–water partition coefficient (Wildman–Crippen LogP) is 4.93.